The van der Waals surface area contributed by atoms with Gasteiger partial charge in [0.15, 0.2) is 0 Å². The summed E-state index contributed by atoms with van der Waals surface area (Å²) in [6, 6.07) is 5.75. The maximum Gasteiger partial charge on any atom is 0.124 e. The molecule has 0 heterocycles. The van der Waals surface area contributed by atoms with Crippen molar-refractivity contribution in [1.82, 2.24) is 0 Å². The van der Waals surface area contributed by atoms with Gasteiger partial charge in [0, 0.05) is 5.56 Å². The highest BCUT2D eigenvalue weighted by atomic mass is 16.5. The maximum atomic E-state index is 9.67. The zero-order valence-electron chi connectivity index (χ0n) is 13.9. The molecule has 1 rings (SSSR count). The minimum atomic E-state index is -0.471. The normalized spacial score (nSPS) is 14.0. The molecule has 0 radical (unpaired) electrons. The first-order valence-electron chi connectivity index (χ1n) is 8.05. The van der Waals surface area contributed by atoms with Crippen LogP contribution in [0.2, 0.25) is 0 Å². The molecule has 0 saturated heterocycles. The van der Waals surface area contributed by atoms with Gasteiger partial charge in [0.2, 0.25) is 0 Å². The van der Waals surface area contributed by atoms with E-state index in [9.17, 15) is 5.11 Å². The van der Waals surface area contributed by atoms with E-state index in [-0.39, 0.29) is 6.10 Å². The fourth-order valence-corrected chi connectivity index (χ4v) is 2.35. The molecule has 0 amide bonds. The molecule has 21 heavy (non-hydrogen) atoms. The second-order valence-corrected chi connectivity index (χ2v) is 5.72. The number of hydrogen-bond donors (Lipinski definition) is 1. The standard InChI is InChI=1S/C18H30O3/c1-5-6-7-8-9-14(2)21-13-17-12-16(15(3)19)10-11-18(17)20-4/h10-12,14-15,19H,5-9,13H2,1-4H3. The maximum absolute atomic E-state index is 9.67. The van der Waals surface area contributed by atoms with Gasteiger partial charge < -0.3 is 14.6 Å². The first-order chi connectivity index (χ1) is 10.1. The van der Waals surface area contributed by atoms with Crippen LogP contribution in [0, 0.1) is 0 Å². The number of benzene rings is 1. The molecule has 120 valence electrons. The van der Waals surface area contributed by atoms with E-state index >= 15 is 0 Å². The van der Waals surface area contributed by atoms with Crippen molar-refractivity contribution >= 4 is 0 Å². The SMILES string of the molecule is CCCCCCC(C)OCc1cc(C(C)O)ccc1OC. The van der Waals surface area contributed by atoms with Gasteiger partial charge in [0.25, 0.3) is 0 Å². The van der Waals surface area contributed by atoms with Crippen molar-refractivity contribution < 1.29 is 14.6 Å². The van der Waals surface area contributed by atoms with E-state index in [0.717, 1.165) is 23.3 Å². The summed E-state index contributed by atoms with van der Waals surface area (Å²) < 4.78 is 11.3. The summed E-state index contributed by atoms with van der Waals surface area (Å²) >= 11 is 0. The minimum absolute atomic E-state index is 0.252. The molecule has 0 aliphatic heterocycles. The lowest BCUT2D eigenvalue weighted by Crippen LogP contribution is -2.09. The number of aliphatic hydroxyl groups is 1. The zero-order chi connectivity index (χ0) is 15.7. The molecule has 3 heteroatoms. The molecule has 0 aliphatic carbocycles. The Bertz CT molecular complexity index is 401. The summed E-state index contributed by atoms with van der Waals surface area (Å²) in [6.45, 7) is 6.64. The molecule has 0 fully saturated rings. The molecular weight excluding hydrogens is 264 g/mol. The van der Waals surface area contributed by atoms with Crippen LogP contribution in [0.4, 0.5) is 0 Å². The number of rotatable bonds is 10. The van der Waals surface area contributed by atoms with Gasteiger partial charge in [-0.3, -0.25) is 0 Å². The predicted molar refractivity (Wildman–Crippen MR) is 86.6 cm³/mol. The highest BCUT2D eigenvalue weighted by Gasteiger charge is 2.10. The lowest BCUT2D eigenvalue weighted by atomic mass is 10.1. The molecule has 0 spiro atoms. The van der Waals surface area contributed by atoms with Gasteiger partial charge in [-0.2, -0.15) is 0 Å². The highest BCUT2D eigenvalue weighted by molar-refractivity contribution is 5.37. The average Bonchev–Trinajstić information content (AvgIpc) is 2.49. The Morgan fingerprint density at radius 2 is 1.90 bits per heavy atom. The third-order valence-electron chi connectivity index (χ3n) is 3.77. The van der Waals surface area contributed by atoms with Crippen LogP contribution in [0.1, 0.15) is 70.1 Å². The molecule has 0 bridgehead atoms. The third kappa shape index (κ3) is 6.49. The molecule has 3 nitrogen and oxygen atoms in total. The summed E-state index contributed by atoms with van der Waals surface area (Å²) in [6.07, 6.45) is 5.95. The van der Waals surface area contributed by atoms with Gasteiger partial charge in [-0.15, -0.1) is 0 Å². The molecule has 1 aromatic carbocycles. The van der Waals surface area contributed by atoms with Crippen molar-refractivity contribution in [2.24, 2.45) is 0 Å². The Morgan fingerprint density at radius 1 is 1.14 bits per heavy atom. The van der Waals surface area contributed by atoms with Crippen LogP contribution in [0.15, 0.2) is 18.2 Å². The second-order valence-electron chi connectivity index (χ2n) is 5.72. The average molecular weight is 294 g/mol. The molecule has 2 unspecified atom stereocenters. The first-order valence-corrected chi connectivity index (χ1v) is 8.05. The van der Waals surface area contributed by atoms with Crippen LogP contribution in [0.3, 0.4) is 0 Å². The quantitative estimate of drug-likeness (QED) is 0.640. The lowest BCUT2D eigenvalue weighted by Gasteiger charge is -2.16. The summed E-state index contributed by atoms with van der Waals surface area (Å²) in [5.74, 6) is 0.817. The van der Waals surface area contributed by atoms with E-state index < -0.39 is 6.10 Å². The van der Waals surface area contributed by atoms with Gasteiger partial charge in [0.1, 0.15) is 5.75 Å². The Morgan fingerprint density at radius 3 is 2.52 bits per heavy atom. The van der Waals surface area contributed by atoms with E-state index in [4.69, 9.17) is 9.47 Å². The second kappa shape index (κ2) is 9.80. The fraction of sp³-hybridized carbons (Fsp3) is 0.667. The van der Waals surface area contributed by atoms with Crippen molar-refractivity contribution in [2.75, 3.05) is 7.11 Å². The fourth-order valence-electron chi connectivity index (χ4n) is 2.35. The van der Waals surface area contributed by atoms with E-state index in [1.54, 1.807) is 14.0 Å². The van der Waals surface area contributed by atoms with Crippen LogP contribution < -0.4 is 4.74 Å². The topological polar surface area (TPSA) is 38.7 Å². The van der Waals surface area contributed by atoms with Gasteiger partial charge in [0.05, 0.1) is 25.9 Å². The van der Waals surface area contributed by atoms with Gasteiger partial charge in [-0.05, 0) is 38.0 Å². The molecule has 1 N–H and O–H groups in total. The summed E-state index contributed by atoms with van der Waals surface area (Å²) in [7, 11) is 1.66. The number of aliphatic hydroxyl groups excluding tert-OH is 1. The van der Waals surface area contributed by atoms with Crippen LogP contribution in [-0.2, 0) is 11.3 Å². The Hall–Kier alpha value is -1.06. The van der Waals surface area contributed by atoms with Crippen molar-refractivity contribution in [3.8, 4) is 5.75 Å². The third-order valence-corrected chi connectivity index (χ3v) is 3.77. The van der Waals surface area contributed by atoms with Crippen LogP contribution in [-0.4, -0.2) is 18.3 Å². The van der Waals surface area contributed by atoms with Crippen LogP contribution in [0.5, 0.6) is 5.75 Å². The molecule has 0 aromatic heterocycles. The Kier molecular flexibility index (Phi) is 8.40. The molecule has 1 aromatic rings. The largest absolute Gasteiger partial charge is 0.496 e. The predicted octanol–water partition coefficient (Wildman–Crippen LogP) is 4.62. The number of unbranched alkanes of at least 4 members (excludes halogenated alkanes) is 3. The molecule has 0 aliphatic rings. The number of methoxy groups -OCH3 is 1. The molecule has 0 saturated carbocycles. The van der Waals surface area contributed by atoms with Crippen LogP contribution >= 0.6 is 0 Å². The van der Waals surface area contributed by atoms with Crippen molar-refractivity contribution in [2.45, 2.75) is 71.7 Å². The number of ether oxygens (including phenoxy) is 2. The highest BCUT2D eigenvalue weighted by Crippen LogP contribution is 2.24. The minimum Gasteiger partial charge on any atom is -0.496 e. The zero-order valence-corrected chi connectivity index (χ0v) is 13.9. The number of hydrogen-bond acceptors (Lipinski definition) is 3. The van der Waals surface area contributed by atoms with Crippen molar-refractivity contribution in [3.63, 3.8) is 0 Å². The monoisotopic (exact) mass is 294 g/mol. The lowest BCUT2D eigenvalue weighted by molar-refractivity contribution is 0.0447. The summed E-state index contributed by atoms with van der Waals surface area (Å²) in [5, 5.41) is 9.67. The van der Waals surface area contributed by atoms with Gasteiger partial charge in [-0.25, -0.2) is 0 Å². The van der Waals surface area contributed by atoms with E-state index in [0.29, 0.717) is 6.61 Å². The van der Waals surface area contributed by atoms with E-state index in [1.807, 2.05) is 18.2 Å². The first kappa shape index (κ1) is 18.0. The summed E-state index contributed by atoms with van der Waals surface area (Å²) in [5.41, 5.74) is 1.89. The van der Waals surface area contributed by atoms with Crippen molar-refractivity contribution in [1.29, 1.82) is 0 Å². The Labute approximate surface area is 129 Å². The van der Waals surface area contributed by atoms with Crippen molar-refractivity contribution in [3.05, 3.63) is 29.3 Å². The molecule has 2 atom stereocenters. The Balaban J connectivity index is 2.51. The van der Waals surface area contributed by atoms with E-state index in [2.05, 4.69) is 13.8 Å². The van der Waals surface area contributed by atoms with E-state index in [1.165, 1.54) is 25.7 Å². The van der Waals surface area contributed by atoms with Gasteiger partial charge >= 0.3 is 0 Å². The van der Waals surface area contributed by atoms with Gasteiger partial charge in [-0.1, -0.05) is 38.7 Å². The molecular formula is C18H30O3. The smallest absolute Gasteiger partial charge is 0.124 e. The van der Waals surface area contributed by atoms with Crippen LogP contribution in [0.25, 0.3) is 0 Å². The summed E-state index contributed by atoms with van der Waals surface area (Å²) in [4.78, 5) is 0.